The molecule has 1 unspecified atom stereocenters. The SMILES string of the molecule is CC(N)/C=C/c1ccc2c(c1)CCOC2. The summed E-state index contributed by atoms with van der Waals surface area (Å²) in [5.74, 6) is 0. The molecule has 1 aliphatic heterocycles. The summed E-state index contributed by atoms with van der Waals surface area (Å²) in [4.78, 5) is 0. The zero-order valence-corrected chi connectivity index (χ0v) is 9.07. The van der Waals surface area contributed by atoms with E-state index < -0.39 is 0 Å². The van der Waals surface area contributed by atoms with Gasteiger partial charge in [-0.1, -0.05) is 30.4 Å². The molecule has 0 saturated carbocycles. The number of nitrogens with two attached hydrogens (primary N) is 1. The largest absolute Gasteiger partial charge is 0.376 e. The molecule has 0 radical (unpaired) electrons. The molecule has 0 spiro atoms. The number of hydrogen-bond donors (Lipinski definition) is 1. The Bertz CT molecular complexity index is 369. The zero-order valence-electron chi connectivity index (χ0n) is 9.07. The maximum Gasteiger partial charge on any atom is 0.0719 e. The summed E-state index contributed by atoms with van der Waals surface area (Å²) in [6.07, 6.45) is 5.12. The van der Waals surface area contributed by atoms with Crippen LogP contribution in [0.4, 0.5) is 0 Å². The van der Waals surface area contributed by atoms with Crippen LogP contribution in [0.3, 0.4) is 0 Å². The number of rotatable bonds is 2. The van der Waals surface area contributed by atoms with E-state index in [0.29, 0.717) is 0 Å². The Morgan fingerprint density at radius 1 is 1.40 bits per heavy atom. The molecule has 1 aliphatic rings. The van der Waals surface area contributed by atoms with E-state index >= 15 is 0 Å². The first-order chi connectivity index (χ1) is 7.25. The molecule has 0 aromatic heterocycles. The average molecular weight is 203 g/mol. The highest BCUT2D eigenvalue weighted by molar-refractivity contribution is 5.52. The Hall–Kier alpha value is -1.12. The van der Waals surface area contributed by atoms with Crippen molar-refractivity contribution in [3.63, 3.8) is 0 Å². The van der Waals surface area contributed by atoms with E-state index in [4.69, 9.17) is 10.5 Å². The minimum Gasteiger partial charge on any atom is -0.376 e. The van der Waals surface area contributed by atoms with Gasteiger partial charge in [-0.2, -0.15) is 0 Å². The summed E-state index contributed by atoms with van der Waals surface area (Å²) >= 11 is 0. The quantitative estimate of drug-likeness (QED) is 0.799. The van der Waals surface area contributed by atoms with Gasteiger partial charge in [0, 0.05) is 6.04 Å². The van der Waals surface area contributed by atoms with Crippen molar-refractivity contribution in [2.45, 2.75) is 26.0 Å². The molecule has 80 valence electrons. The highest BCUT2D eigenvalue weighted by Crippen LogP contribution is 2.18. The van der Waals surface area contributed by atoms with Gasteiger partial charge >= 0.3 is 0 Å². The van der Waals surface area contributed by atoms with E-state index in [1.54, 1.807) is 0 Å². The van der Waals surface area contributed by atoms with Crippen molar-refractivity contribution in [2.24, 2.45) is 5.73 Å². The normalized spacial score (nSPS) is 17.7. The Morgan fingerprint density at radius 2 is 2.27 bits per heavy atom. The minimum atomic E-state index is 0.115. The van der Waals surface area contributed by atoms with E-state index in [1.165, 1.54) is 16.7 Å². The van der Waals surface area contributed by atoms with Crippen LogP contribution < -0.4 is 5.73 Å². The first-order valence-electron chi connectivity index (χ1n) is 5.39. The topological polar surface area (TPSA) is 35.2 Å². The van der Waals surface area contributed by atoms with Crippen LogP contribution in [-0.4, -0.2) is 12.6 Å². The van der Waals surface area contributed by atoms with Crippen LogP contribution in [-0.2, 0) is 17.8 Å². The van der Waals surface area contributed by atoms with Crippen LogP contribution in [0, 0.1) is 0 Å². The van der Waals surface area contributed by atoms with Gasteiger partial charge < -0.3 is 10.5 Å². The summed E-state index contributed by atoms with van der Waals surface area (Å²) in [5.41, 5.74) is 9.63. The van der Waals surface area contributed by atoms with Gasteiger partial charge in [-0.3, -0.25) is 0 Å². The second-order valence-electron chi connectivity index (χ2n) is 4.05. The third kappa shape index (κ3) is 2.67. The number of benzene rings is 1. The molecule has 2 N–H and O–H groups in total. The van der Waals surface area contributed by atoms with Crippen LogP contribution in [0.15, 0.2) is 24.3 Å². The lowest BCUT2D eigenvalue weighted by molar-refractivity contribution is 0.111. The summed E-state index contributed by atoms with van der Waals surface area (Å²) in [6.45, 7) is 3.57. The van der Waals surface area contributed by atoms with Crippen LogP contribution in [0.2, 0.25) is 0 Å². The van der Waals surface area contributed by atoms with E-state index in [9.17, 15) is 0 Å². The highest BCUT2D eigenvalue weighted by atomic mass is 16.5. The second kappa shape index (κ2) is 4.60. The maximum atomic E-state index is 5.67. The minimum absolute atomic E-state index is 0.115. The van der Waals surface area contributed by atoms with E-state index in [-0.39, 0.29) is 6.04 Å². The Balaban J connectivity index is 2.20. The number of hydrogen-bond acceptors (Lipinski definition) is 2. The maximum absolute atomic E-state index is 5.67. The molecular weight excluding hydrogens is 186 g/mol. The fourth-order valence-corrected chi connectivity index (χ4v) is 1.75. The van der Waals surface area contributed by atoms with Crippen molar-refractivity contribution in [2.75, 3.05) is 6.61 Å². The lowest BCUT2D eigenvalue weighted by Crippen LogP contribution is -2.10. The molecule has 2 nitrogen and oxygen atoms in total. The molecule has 2 heteroatoms. The molecule has 0 bridgehead atoms. The van der Waals surface area contributed by atoms with E-state index in [0.717, 1.165) is 19.6 Å². The van der Waals surface area contributed by atoms with Crippen LogP contribution in [0.5, 0.6) is 0 Å². The third-order valence-electron chi connectivity index (χ3n) is 2.60. The first-order valence-corrected chi connectivity index (χ1v) is 5.39. The summed E-state index contributed by atoms with van der Waals surface area (Å²) < 4.78 is 5.40. The van der Waals surface area contributed by atoms with Crippen molar-refractivity contribution in [1.82, 2.24) is 0 Å². The molecular formula is C13H17NO. The molecule has 0 aliphatic carbocycles. The predicted molar refractivity (Wildman–Crippen MR) is 62.5 cm³/mol. The molecule has 0 amide bonds. The van der Waals surface area contributed by atoms with Crippen LogP contribution >= 0.6 is 0 Å². The molecule has 1 aromatic rings. The van der Waals surface area contributed by atoms with Gasteiger partial charge in [-0.15, -0.1) is 0 Å². The fraction of sp³-hybridized carbons (Fsp3) is 0.385. The van der Waals surface area contributed by atoms with Gasteiger partial charge in [0.1, 0.15) is 0 Å². The molecule has 0 saturated heterocycles. The number of ether oxygens (including phenoxy) is 1. The predicted octanol–water partition coefficient (Wildman–Crippen LogP) is 2.12. The molecule has 1 heterocycles. The molecule has 1 aromatic carbocycles. The Morgan fingerprint density at radius 3 is 3.07 bits per heavy atom. The summed E-state index contributed by atoms with van der Waals surface area (Å²) in [7, 11) is 0. The summed E-state index contributed by atoms with van der Waals surface area (Å²) in [6, 6.07) is 6.61. The van der Waals surface area contributed by atoms with Crippen molar-refractivity contribution < 1.29 is 4.74 Å². The van der Waals surface area contributed by atoms with Gasteiger partial charge in [-0.05, 0) is 30.0 Å². The van der Waals surface area contributed by atoms with Crippen LogP contribution in [0.25, 0.3) is 6.08 Å². The lowest BCUT2D eigenvalue weighted by atomic mass is 10.00. The van der Waals surface area contributed by atoms with Gasteiger partial charge in [-0.25, -0.2) is 0 Å². The third-order valence-corrected chi connectivity index (χ3v) is 2.60. The monoisotopic (exact) mass is 203 g/mol. The molecule has 1 atom stereocenters. The van der Waals surface area contributed by atoms with Gasteiger partial charge in [0.25, 0.3) is 0 Å². The Kier molecular flexibility index (Phi) is 3.19. The van der Waals surface area contributed by atoms with Crippen molar-refractivity contribution in [3.8, 4) is 0 Å². The molecule has 2 rings (SSSR count). The molecule has 0 fully saturated rings. The molecule has 15 heavy (non-hydrogen) atoms. The van der Waals surface area contributed by atoms with Crippen molar-refractivity contribution >= 4 is 6.08 Å². The summed E-state index contributed by atoms with van der Waals surface area (Å²) in [5, 5.41) is 0. The second-order valence-corrected chi connectivity index (χ2v) is 4.05. The zero-order chi connectivity index (χ0) is 10.7. The van der Waals surface area contributed by atoms with Gasteiger partial charge in [0.15, 0.2) is 0 Å². The van der Waals surface area contributed by atoms with E-state index in [2.05, 4.69) is 24.3 Å². The standard InChI is InChI=1S/C13H17NO/c1-10(14)2-3-11-4-5-13-9-15-7-6-12(13)8-11/h2-5,8,10H,6-7,9,14H2,1H3/b3-2+. The average Bonchev–Trinajstić information content (AvgIpc) is 2.26. The highest BCUT2D eigenvalue weighted by Gasteiger charge is 2.08. The van der Waals surface area contributed by atoms with Gasteiger partial charge in [0.05, 0.1) is 13.2 Å². The van der Waals surface area contributed by atoms with Crippen LogP contribution in [0.1, 0.15) is 23.6 Å². The lowest BCUT2D eigenvalue weighted by Gasteiger charge is -2.16. The fourth-order valence-electron chi connectivity index (χ4n) is 1.75. The Labute approximate surface area is 90.7 Å². The number of fused-ring (bicyclic) bond motifs is 1. The van der Waals surface area contributed by atoms with Gasteiger partial charge in [0.2, 0.25) is 0 Å². The van der Waals surface area contributed by atoms with Crippen molar-refractivity contribution in [3.05, 3.63) is 41.0 Å². The smallest absolute Gasteiger partial charge is 0.0719 e. The van der Waals surface area contributed by atoms with Crippen molar-refractivity contribution in [1.29, 1.82) is 0 Å². The van der Waals surface area contributed by atoms with E-state index in [1.807, 2.05) is 13.0 Å². The first kappa shape index (κ1) is 10.4.